The standard InChI is InChI=1S/C26H23N5O4/c1-15-13-23(31(29-15)18-7-11-20(34-4)12-8-18)28-25(32)21-14-22(17-5-9-19(33-3)10-6-17)27-26-24(21)16(2)30-35-26/h5-14H,1-4H3,(H,28,32). The summed E-state index contributed by atoms with van der Waals surface area (Å²) < 4.78 is 17.6. The van der Waals surface area contributed by atoms with Gasteiger partial charge < -0.3 is 19.3 Å². The fourth-order valence-electron chi connectivity index (χ4n) is 3.88. The topological polar surface area (TPSA) is 104 Å². The molecular formula is C26H23N5O4. The number of fused-ring (bicyclic) bond motifs is 1. The lowest BCUT2D eigenvalue weighted by atomic mass is 10.0. The van der Waals surface area contributed by atoms with Gasteiger partial charge in [0, 0.05) is 11.6 Å². The number of nitrogens with one attached hydrogen (secondary N) is 1. The Morgan fingerprint density at radius 2 is 1.60 bits per heavy atom. The Labute approximate surface area is 201 Å². The number of hydrogen-bond donors (Lipinski definition) is 1. The molecule has 0 unspecified atom stereocenters. The smallest absolute Gasteiger partial charge is 0.259 e. The molecule has 35 heavy (non-hydrogen) atoms. The minimum atomic E-state index is -0.326. The highest BCUT2D eigenvalue weighted by atomic mass is 16.5. The van der Waals surface area contributed by atoms with Crippen molar-refractivity contribution in [2.45, 2.75) is 13.8 Å². The molecule has 3 aromatic heterocycles. The van der Waals surface area contributed by atoms with Gasteiger partial charge in [-0.25, -0.2) is 9.67 Å². The molecule has 1 amide bonds. The van der Waals surface area contributed by atoms with Gasteiger partial charge in [0.2, 0.25) is 0 Å². The highest BCUT2D eigenvalue weighted by Gasteiger charge is 2.21. The summed E-state index contributed by atoms with van der Waals surface area (Å²) in [5.74, 6) is 1.66. The summed E-state index contributed by atoms with van der Waals surface area (Å²) in [4.78, 5) is 18.1. The molecule has 0 saturated carbocycles. The van der Waals surface area contributed by atoms with Gasteiger partial charge in [0.05, 0.1) is 47.9 Å². The second-order valence-corrected chi connectivity index (χ2v) is 7.97. The van der Waals surface area contributed by atoms with E-state index in [4.69, 9.17) is 14.0 Å². The molecule has 3 heterocycles. The summed E-state index contributed by atoms with van der Waals surface area (Å²) >= 11 is 0. The van der Waals surface area contributed by atoms with E-state index in [0.717, 1.165) is 28.4 Å². The van der Waals surface area contributed by atoms with E-state index >= 15 is 0 Å². The lowest BCUT2D eigenvalue weighted by molar-refractivity contribution is 0.102. The molecule has 9 heteroatoms. The summed E-state index contributed by atoms with van der Waals surface area (Å²) in [7, 11) is 3.22. The van der Waals surface area contributed by atoms with Crippen LogP contribution >= 0.6 is 0 Å². The third-order valence-corrected chi connectivity index (χ3v) is 5.64. The summed E-state index contributed by atoms with van der Waals surface area (Å²) in [5, 5.41) is 12.1. The van der Waals surface area contributed by atoms with E-state index in [-0.39, 0.29) is 5.91 Å². The third-order valence-electron chi connectivity index (χ3n) is 5.64. The van der Waals surface area contributed by atoms with Crippen LogP contribution in [-0.4, -0.2) is 40.0 Å². The molecule has 1 N–H and O–H groups in total. The zero-order valence-electron chi connectivity index (χ0n) is 19.7. The summed E-state index contributed by atoms with van der Waals surface area (Å²) in [6.07, 6.45) is 0. The number of hydrogen-bond acceptors (Lipinski definition) is 7. The first kappa shape index (κ1) is 22.1. The van der Waals surface area contributed by atoms with Gasteiger partial charge in [-0.05, 0) is 68.4 Å². The maximum absolute atomic E-state index is 13.6. The Morgan fingerprint density at radius 3 is 2.26 bits per heavy atom. The normalized spacial score (nSPS) is 11.0. The molecule has 0 bridgehead atoms. The van der Waals surface area contributed by atoms with Crippen LogP contribution in [0.3, 0.4) is 0 Å². The van der Waals surface area contributed by atoms with Crippen molar-refractivity contribution in [3.63, 3.8) is 0 Å². The predicted octanol–water partition coefficient (Wildman–Crippen LogP) is 4.96. The number of carbonyl (C=O) groups excluding carboxylic acids is 1. The van der Waals surface area contributed by atoms with Crippen LogP contribution in [0.1, 0.15) is 21.7 Å². The zero-order chi connectivity index (χ0) is 24.5. The number of nitrogens with zero attached hydrogens (tertiary/aromatic N) is 4. The largest absolute Gasteiger partial charge is 0.497 e. The third kappa shape index (κ3) is 4.19. The van der Waals surface area contributed by atoms with Crippen molar-refractivity contribution in [3.05, 3.63) is 77.6 Å². The van der Waals surface area contributed by atoms with Crippen molar-refractivity contribution in [2.75, 3.05) is 19.5 Å². The van der Waals surface area contributed by atoms with Gasteiger partial charge in [0.1, 0.15) is 17.3 Å². The second kappa shape index (κ2) is 8.94. The minimum Gasteiger partial charge on any atom is -0.497 e. The van der Waals surface area contributed by atoms with Gasteiger partial charge in [0.25, 0.3) is 11.6 Å². The molecule has 0 saturated heterocycles. The summed E-state index contributed by atoms with van der Waals surface area (Å²) in [5.41, 5.74) is 4.22. The molecule has 0 radical (unpaired) electrons. The van der Waals surface area contributed by atoms with E-state index < -0.39 is 0 Å². The number of ether oxygens (including phenoxy) is 2. The lowest BCUT2D eigenvalue weighted by Gasteiger charge is -2.11. The number of rotatable bonds is 6. The highest BCUT2D eigenvalue weighted by Crippen LogP contribution is 2.29. The van der Waals surface area contributed by atoms with Crippen molar-refractivity contribution in [2.24, 2.45) is 0 Å². The monoisotopic (exact) mass is 469 g/mol. The number of amides is 1. The Morgan fingerprint density at radius 1 is 0.943 bits per heavy atom. The van der Waals surface area contributed by atoms with E-state index in [9.17, 15) is 4.79 Å². The lowest BCUT2D eigenvalue weighted by Crippen LogP contribution is -2.16. The second-order valence-electron chi connectivity index (χ2n) is 7.97. The van der Waals surface area contributed by atoms with Crippen LogP contribution in [0.5, 0.6) is 11.5 Å². The Bertz CT molecular complexity index is 1520. The molecule has 0 aliphatic rings. The quantitative estimate of drug-likeness (QED) is 0.375. The first-order valence-corrected chi connectivity index (χ1v) is 10.9. The van der Waals surface area contributed by atoms with Crippen LogP contribution in [0, 0.1) is 13.8 Å². The summed E-state index contributed by atoms with van der Waals surface area (Å²) in [6.45, 7) is 3.65. The molecule has 176 valence electrons. The number of benzene rings is 2. The first-order chi connectivity index (χ1) is 17.0. The SMILES string of the molecule is COc1ccc(-c2cc(C(=O)Nc3cc(C)nn3-c3ccc(OC)cc3)c3c(C)noc3n2)cc1. The van der Waals surface area contributed by atoms with Gasteiger partial charge in [0.15, 0.2) is 0 Å². The molecular weight excluding hydrogens is 446 g/mol. The molecule has 9 nitrogen and oxygen atoms in total. The number of carbonyl (C=O) groups is 1. The maximum Gasteiger partial charge on any atom is 0.259 e. The fourth-order valence-corrected chi connectivity index (χ4v) is 3.88. The number of aryl methyl sites for hydroxylation is 2. The van der Waals surface area contributed by atoms with Gasteiger partial charge in [-0.15, -0.1) is 0 Å². The number of pyridine rings is 1. The van der Waals surface area contributed by atoms with Crippen molar-refractivity contribution < 1.29 is 18.8 Å². The highest BCUT2D eigenvalue weighted by molar-refractivity contribution is 6.12. The van der Waals surface area contributed by atoms with E-state index in [1.165, 1.54) is 0 Å². The van der Waals surface area contributed by atoms with Crippen molar-refractivity contribution in [1.29, 1.82) is 0 Å². The van der Waals surface area contributed by atoms with Crippen LogP contribution < -0.4 is 14.8 Å². The minimum absolute atomic E-state index is 0.292. The summed E-state index contributed by atoms with van der Waals surface area (Å²) in [6, 6.07) is 18.4. The van der Waals surface area contributed by atoms with Gasteiger partial charge >= 0.3 is 0 Å². The molecule has 5 rings (SSSR count). The predicted molar refractivity (Wildman–Crippen MR) is 131 cm³/mol. The van der Waals surface area contributed by atoms with Gasteiger partial charge in [-0.2, -0.15) is 5.10 Å². The molecule has 0 aliphatic heterocycles. The molecule has 0 aliphatic carbocycles. The van der Waals surface area contributed by atoms with Crippen molar-refractivity contribution >= 4 is 22.8 Å². The van der Waals surface area contributed by atoms with E-state index in [1.807, 2.05) is 61.5 Å². The van der Waals surface area contributed by atoms with E-state index in [2.05, 4.69) is 20.6 Å². The molecule has 0 fully saturated rings. The van der Waals surface area contributed by atoms with E-state index in [1.54, 1.807) is 31.9 Å². The number of methoxy groups -OCH3 is 2. The van der Waals surface area contributed by atoms with Crippen molar-refractivity contribution in [1.82, 2.24) is 19.9 Å². The number of anilines is 1. The first-order valence-electron chi connectivity index (χ1n) is 10.9. The fraction of sp³-hybridized carbons (Fsp3) is 0.154. The Balaban J connectivity index is 1.54. The van der Waals surface area contributed by atoms with Crippen LogP contribution in [0.4, 0.5) is 5.82 Å². The average Bonchev–Trinajstić information content (AvgIpc) is 3.45. The van der Waals surface area contributed by atoms with Crippen molar-refractivity contribution in [3.8, 4) is 28.4 Å². The van der Waals surface area contributed by atoms with Crippen LogP contribution in [0.15, 0.2) is 65.2 Å². The zero-order valence-corrected chi connectivity index (χ0v) is 19.7. The van der Waals surface area contributed by atoms with Crippen LogP contribution in [0.2, 0.25) is 0 Å². The Hall–Kier alpha value is -4.66. The molecule has 5 aromatic rings. The van der Waals surface area contributed by atoms with Gasteiger partial charge in [-0.1, -0.05) is 5.16 Å². The van der Waals surface area contributed by atoms with E-state index in [0.29, 0.717) is 33.9 Å². The van der Waals surface area contributed by atoms with Crippen LogP contribution in [0.25, 0.3) is 28.0 Å². The molecule has 0 spiro atoms. The number of aromatic nitrogens is 4. The average molecular weight is 470 g/mol. The van der Waals surface area contributed by atoms with Gasteiger partial charge in [-0.3, -0.25) is 4.79 Å². The maximum atomic E-state index is 13.6. The molecule has 0 atom stereocenters. The van der Waals surface area contributed by atoms with Crippen LogP contribution in [-0.2, 0) is 0 Å². The molecule has 2 aromatic carbocycles. The Kier molecular flexibility index (Phi) is 5.66.